The Morgan fingerprint density at radius 1 is 1.20 bits per heavy atom. The number of likely N-dealkylation sites (N-methyl/N-ethyl adjacent to an activating group) is 1. The zero-order valence-electron chi connectivity index (χ0n) is 32.5. The smallest absolute Gasteiger partial charge is 0.351 e. The molecule has 0 N–H and O–H groups in total. The summed E-state index contributed by atoms with van der Waals surface area (Å²) in [5.74, 6) is -0.389. The molecule has 0 radical (unpaired) electrons. The molecule has 2 aliphatic carbocycles. The molecule has 13 heteroatoms. The van der Waals surface area contributed by atoms with E-state index in [0.29, 0.717) is 56.0 Å². The van der Waals surface area contributed by atoms with Gasteiger partial charge in [-0.1, -0.05) is 62.4 Å². The molecule has 2 amide bonds. The van der Waals surface area contributed by atoms with Crippen LogP contribution in [-0.2, 0) is 15.8 Å². The van der Waals surface area contributed by atoms with E-state index in [9.17, 15) is 22.8 Å². The number of alkyl halides is 4. The molecular weight excluding hydrogens is 720 g/mol. The van der Waals surface area contributed by atoms with E-state index in [0.717, 1.165) is 54.7 Å². The Balaban J connectivity index is 0.000000473. The number of piperidine rings is 1. The standard InChI is InChI=1S/C31H43FN6O2.C8H6ClF3.C2H6/c1-7-12-24(34-8-2)29(39)36-17-15-31(16-18-36)26(32)19-25-27(31)30(40)38(21-37(25)20-22(3)4)35(6)28(33-5)23-13-10-9-11-14-23;1-5-2-3-6(4-7(5)9)8(10,11)12;1-2/h7-8,12-13,26,28H,2-3,5,9-11,14-21H2,1,4,6H3;2-4H,1H3;1-2H3/b12-7-,34-24?;;/t26-,28?;;/m1../s1. The van der Waals surface area contributed by atoms with Crippen molar-refractivity contribution in [2.24, 2.45) is 15.4 Å². The number of benzene rings is 1. The number of aryl methyl sites for hydroxylation is 1. The predicted molar refractivity (Wildman–Crippen MR) is 211 cm³/mol. The second kappa shape index (κ2) is 19.5. The Morgan fingerprint density at radius 3 is 2.39 bits per heavy atom. The number of fused-ring (bicyclic) bond motifs is 1. The van der Waals surface area contributed by atoms with E-state index < -0.39 is 23.3 Å². The third-order valence-corrected chi connectivity index (χ3v) is 10.5. The lowest BCUT2D eigenvalue weighted by Crippen LogP contribution is -2.58. The third-order valence-electron chi connectivity index (χ3n) is 10.1. The first kappa shape index (κ1) is 44.4. The predicted octanol–water partition coefficient (Wildman–Crippen LogP) is 9.50. The van der Waals surface area contributed by atoms with Gasteiger partial charge in [0.1, 0.15) is 24.7 Å². The number of carbonyl (C=O) groups is 2. The highest BCUT2D eigenvalue weighted by molar-refractivity contribution is 6.43. The van der Waals surface area contributed by atoms with Gasteiger partial charge in [-0.25, -0.2) is 9.40 Å². The number of allylic oxidation sites excluding steroid dienone is 3. The number of hydrogen-bond acceptors (Lipinski definition) is 6. The van der Waals surface area contributed by atoms with E-state index in [1.54, 1.807) is 29.0 Å². The van der Waals surface area contributed by atoms with Gasteiger partial charge in [0.05, 0.1) is 5.56 Å². The van der Waals surface area contributed by atoms with Crippen LogP contribution in [-0.4, -0.2) is 89.7 Å². The zero-order valence-corrected chi connectivity index (χ0v) is 33.2. The summed E-state index contributed by atoms with van der Waals surface area (Å²) < 4.78 is 52.3. The van der Waals surface area contributed by atoms with Gasteiger partial charge in [0, 0.05) is 61.0 Å². The second-order valence-corrected chi connectivity index (χ2v) is 14.2. The number of likely N-dealkylation sites (tertiary alicyclic amines) is 1. The highest BCUT2D eigenvalue weighted by Gasteiger charge is 2.57. The summed E-state index contributed by atoms with van der Waals surface area (Å²) in [4.78, 5) is 39.8. The van der Waals surface area contributed by atoms with Crippen molar-refractivity contribution in [1.82, 2.24) is 19.8 Å². The Morgan fingerprint density at radius 2 is 1.87 bits per heavy atom. The fourth-order valence-electron chi connectivity index (χ4n) is 7.42. The van der Waals surface area contributed by atoms with E-state index in [4.69, 9.17) is 11.6 Å². The first-order chi connectivity index (χ1) is 25.6. The minimum absolute atomic E-state index is 0.143. The average Bonchev–Trinajstić information content (AvgIpc) is 3.43. The topological polar surface area (TPSA) is 71.8 Å². The average molecular weight is 775 g/mol. The van der Waals surface area contributed by atoms with Crippen LogP contribution in [0.1, 0.15) is 83.8 Å². The molecular formula is C41H55ClF4N6O2. The number of nitrogens with zero attached hydrogens (tertiary/aromatic N) is 6. The van der Waals surface area contributed by atoms with Crippen molar-refractivity contribution in [3.05, 3.63) is 94.4 Å². The molecule has 0 aromatic heterocycles. The molecule has 5 rings (SSSR count). The van der Waals surface area contributed by atoms with Gasteiger partial charge in [-0.2, -0.15) is 18.2 Å². The Labute approximate surface area is 323 Å². The van der Waals surface area contributed by atoms with E-state index >= 15 is 4.39 Å². The summed E-state index contributed by atoms with van der Waals surface area (Å²) >= 11 is 5.52. The van der Waals surface area contributed by atoms with Crippen LogP contribution in [0, 0.1) is 12.3 Å². The molecule has 2 aliphatic heterocycles. The molecule has 1 fully saturated rings. The monoisotopic (exact) mass is 774 g/mol. The molecule has 1 unspecified atom stereocenters. The van der Waals surface area contributed by atoms with Crippen LogP contribution in [0.15, 0.2) is 88.2 Å². The van der Waals surface area contributed by atoms with Crippen LogP contribution in [0.2, 0.25) is 5.02 Å². The molecule has 8 nitrogen and oxygen atoms in total. The van der Waals surface area contributed by atoms with Crippen molar-refractivity contribution in [3.63, 3.8) is 0 Å². The molecule has 2 atom stereocenters. The Kier molecular flexibility index (Phi) is 16.0. The van der Waals surface area contributed by atoms with Crippen LogP contribution < -0.4 is 0 Å². The summed E-state index contributed by atoms with van der Waals surface area (Å²) in [5, 5.41) is 3.72. The van der Waals surface area contributed by atoms with E-state index in [1.807, 2.05) is 39.8 Å². The van der Waals surface area contributed by atoms with Crippen LogP contribution in [0.3, 0.4) is 0 Å². The van der Waals surface area contributed by atoms with E-state index in [-0.39, 0.29) is 29.4 Å². The van der Waals surface area contributed by atoms with Crippen LogP contribution in [0.5, 0.6) is 0 Å². The Bertz CT molecular complexity index is 1680. The molecule has 1 spiro atoms. The molecule has 0 saturated carbocycles. The van der Waals surface area contributed by atoms with Gasteiger partial charge in [-0.05, 0) is 95.4 Å². The highest BCUT2D eigenvalue weighted by atomic mass is 35.5. The second-order valence-electron chi connectivity index (χ2n) is 13.8. The van der Waals surface area contributed by atoms with E-state index in [1.165, 1.54) is 12.3 Å². The molecule has 1 saturated heterocycles. The zero-order chi connectivity index (χ0) is 40.4. The minimum Gasteiger partial charge on any atom is -0.351 e. The third kappa shape index (κ3) is 9.98. The van der Waals surface area contributed by atoms with Gasteiger partial charge in [0.15, 0.2) is 0 Å². The summed E-state index contributed by atoms with van der Waals surface area (Å²) in [7, 11) is 1.87. The van der Waals surface area contributed by atoms with E-state index in [2.05, 4.69) is 40.8 Å². The van der Waals surface area contributed by atoms with Gasteiger partial charge < -0.3 is 9.80 Å². The van der Waals surface area contributed by atoms with Gasteiger partial charge in [0.2, 0.25) is 0 Å². The van der Waals surface area contributed by atoms with Crippen molar-refractivity contribution in [2.75, 3.05) is 33.4 Å². The first-order valence-corrected chi connectivity index (χ1v) is 18.9. The van der Waals surface area contributed by atoms with Crippen LogP contribution >= 0.6 is 11.6 Å². The summed E-state index contributed by atoms with van der Waals surface area (Å²) in [6.07, 6.45) is 6.19. The summed E-state index contributed by atoms with van der Waals surface area (Å²) in [5.41, 5.74) is 2.69. The lowest BCUT2D eigenvalue weighted by molar-refractivity contribution is -0.154. The maximum absolute atomic E-state index is 16.2. The van der Waals surface area contributed by atoms with Crippen molar-refractivity contribution >= 4 is 35.8 Å². The van der Waals surface area contributed by atoms with Crippen molar-refractivity contribution in [3.8, 4) is 0 Å². The van der Waals surface area contributed by atoms with Crippen LogP contribution in [0.4, 0.5) is 17.6 Å². The maximum Gasteiger partial charge on any atom is 0.416 e. The number of rotatable bonds is 9. The molecule has 1 aromatic rings. The molecule has 4 aliphatic rings. The Hall–Kier alpha value is -4.03. The van der Waals surface area contributed by atoms with Gasteiger partial charge in [0.25, 0.3) is 11.8 Å². The number of hydrazine groups is 1. The van der Waals surface area contributed by atoms with Crippen molar-refractivity contribution < 1.29 is 27.2 Å². The first-order valence-electron chi connectivity index (χ1n) is 18.5. The lowest BCUT2D eigenvalue weighted by Gasteiger charge is -2.47. The molecule has 0 bridgehead atoms. The fraction of sp³-hybridized carbons (Fsp3) is 0.512. The quantitative estimate of drug-likeness (QED) is 0.142. The fourth-order valence-corrected chi connectivity index (χ4v) is 7.60. The molecule has 2 heterocycles. The number of amides is 2. The van der Waals surface area contributed by atoms with Crippen molar-refractivity contribution in [2.45, 2.75) is 98.1 Å². The van der Waals surface area contributed by atoms with Gasteiger partial charge in [-0.15, -0.1) is 0 Å². The van der Waals surface area contributed by atoms with Gasteiger partial charge >= 0.3 is 6.18 Å². The minimum atomic E-state index is -4.31. The van der Waals surface area contributed by atoms with Crippen LogP contribution in [0.25, 0.3) is 0 Å². The van der Waals surface area contributed by atoms with Gasteiger partial charge in [-0.3, -0.25) is 19.6 Å². The molecule has 296 valence electrons. The number of hydrogen-bond donors (Lipinski definition) is 0. The SMILES string of the molecule is C=CN=C(/C=C\C)C(=O)N1CCC2(CC1)C1=C(C[C@H]2F)N(CC(=C)C)CN(N(C)C(N=C)C2=CCCCC2)C1=O.CC.Cc1ccc(C(F)(F)F)cc1Cl. The molecule has 54 heavy (non-hydrogen) atoms. The lowest BCUT2D eigenvalue weighted by atomic mass is 9.71. The highest BCUT2D eigenvalue weighted by Crippen LogP contribution is 2.54. The molecule has 1 aromatic carbocycles. The number of carbonyl (C=O) groups excluding carboxylic acids is 2. The number of aliphatic imine (C=N–C) groups is 2. The summed E-state index contributed by atoms with van der Waals surface area (Å²) in [6, 6.07) is 3.29. The van der Waals surface area contributed by atoms with Crippen molar-refractivity contribution in [1.29, 1.82) is 0 Å². The normalized spacial score (nSPS) is 20.6. The summed E-state index contributed by atoms with van der Waals surface area (Å²) in [6.45, 7) is 22.5. The largest absolute Gasteiger partial charge is 0.416 e. The number of halogens is 5. The maximum atomic E-state index is 16.2.